The van der Waals surface area contributed by atoms with Gasteiger partial charge in [-0.25, -0.2) is 4.98 Å². The van der Waals surface area contributed by atoms with Gasteiger partial charge >= 0.3 is 0 Å². The molecule has 1 aromatic heterocycles. The largest absolute Gasteiger partial charge is 0.491 e. The van der Waals surface area contributed by atoms with Gasteiger partial charge in [-0.05, 0) is 48.4 Å². The van der Waals surface area contributed by atoms with E-state index in [1.165, 1.54) is 0 Å². The molecule has 0 bridgehead atoms. The number of amides is 1. The highest BCUT2D eigenvalue weighted by Gasteiger charge is 2.34. The molecule has 0 aliphatic carbocycles. The fourth-order valence-corrected chi connectivity index (χ4v) is 4.78. The predicted molar refractivity (Wildman–Crippen MR) is 137 cm³/mol. The van der Waals surface area contributed by atoms with Crippen LogP contribution >= 0.6 is 11.6 Å². The molecule has 1 fully saturated rings. The van der Waals surface area contributed by atoms with Crippen LogP contribution in [0.4, 0.5) is 0 Å². The first-order valence-corrected chi connectivity index (χ1v) is 12.2. The number of aryl methyl sites for hydroxylation is 1. The molecule has 0 radical (unpaired) electrons. The number of nitrogens with zero attached hydrogens (tertiary/aromatic N) is 3. The summed E-state index contributed by atoms with van der Waals surface area (Å²) in [6, 6.07) is 23.4. The van der Waals surface area contributed by atoms with Crippen molar-refractivity contribution in [1.82, 2.24) is 14.5 Å². The van der Waals surface area contributed by atoms with Crippen molar-refractivity contribution in [3.63, 3.8) is 0 Å². The number of aliphatic hydroxyl groups excluding tert-OH is 1. The molecule has 1 amide bonds. The lowest BCUT2D eigenvalue weighted by molar-refractivity contribution is -0.128. The SMILES string of the molecule is Cc1cc(OC[C@H](O)Cn2c([C@H]3CC(=O)N(Cc4ccccc4)C3)nc3ccccc32)ccc1Cl. The Labute approximate surface area is 209 Å². The van der Waals surface area contributed by atoms with E-state index in [0.29, 0.717) is 36.8 Å². The van der Waals surface area contributed by atoms with Crippen LogP contribution in [0.25, 0.3) is 11.0 Å². The number of hydrogen-bond donors (Lipinski definition) is 1. The van der Waals surface area contributed by atoms with Crippen molar-refractivity contribution in [1.29, 1.82) is 0 Å². The lowest BCUT2D eigenvalue weighted by Crippen LogP contribution is -2.26. The normalized spacial score (nSPS) is 16.7. The Bertz CT molecular complexity index is 1340. The van der Waals surface area contributed by atoms with Gasteiger partial charge in [0.2, 0.25) is 5.91 Å². The van der Waals surface area contributed by atoms with Gasteiger partial charge in [-0.2, -0.15) is 0 Å². The van der Waals surface area contributed by atoms with Gasteiger partial charge in [-0.1, -0.05) is 54.1 Å². The van der Waals surface area contributed by atoms with Crippen molar-refractivity contribution in [3.05, 3.63) is 94.8 Å². The van der Waals surface area contributed by atoms with E-state index >= 15 is 0 Å². The number of para-hydroxylation sites is 2. The number of imidazole rings is 1. The molecule has 4 aromatic rings. The molecule has 0 spiro atoms. The number of benzene rings is 3. The number of carbonyl (C=O) groups is 1. The van der Waals surface area contributed by atoms with Crippen LogP contribution in [-0.4, -0.2) is 44.7 Å². The molecular formula is C28H28ClN3O3. The Morgan fingerprint density at radius 1 is 1.11 bits per heavy atom. The van der Waals surface area contributed by atoms with E-state index < -0.39 is 6.10 Å². The second-order valence-corrected chi connectivity index (χ2v) is 9.51. The van der Waals surface area contributed by atoms with Crippen molar-refractivity contribution in [2.45, 2.75) is 38.5 Å². The monoisotopic (exact) mass is 489 g/mol. The van der Waals surface area contributed by atoms with Crippen LogP contribution in [0.5, 0.6) is 5.75 Å². The number of rotatable bonds is 8. The van der Waals surface area contributed by atoms with Crippen molar-refractivity contribution in [2.75, 3.05) is 13.2 Å². The molecule has 0 saturated carbocycles. The topological polar surface area (TPSA) is 67.6 Å². The Balaban J connectivity index is 1.33. The Morgan fingerprint density at radius 2 is 1.89 bits per heavy atom. The van der Waals surface area contributed by atoms with Crippen LogP contribution in [0.1, 0.15) is 29.3 Å². The van der Waals surface area contributed by atoms with Gasteiger partial charge in [0.15, 0.2) is 0 Å². The molecule has 2 atom stereocenters. The first-order valence-electron chi connectivity index (χ1n) is 11.8. The Morgan fingerprint density at radius 3 is 2.69 bits per heavy atom. The van der Waals surface area contributed by atoms with Crippen molar-refractivity contribution < 1.29 is 14.6 Å². The summed E-state index contributed by atoms with van der Waals surface area (Å²) in [5.41, 5.74) is 3.84. The lowest BCUT2D eigenvalue weighted by atomic mass is 10.1. The fourth-order valence-electron chi connectivity index (χ4n) is 4.66. The molecule has 2 heterocycles. The number of fused-ring (bicyclic) bond motifs is 1. The molecule has 1 N–H and O–H groups in total. The molecule has 1 aliphatic rings. The van der Waals surface area contributed by atoms with E-state index in [1.807, 2.05) is 77.1 Å². The van der Waals surface area contributed by atoms with E-state index in [-0.39, 0.29) is 18.4 Å². The van der Waals surface area contributed by atoms with Crippen LogP contribution in [0.15, 0.2) is 72.8 Å². The zero-order valence-electron chi connectivity index (χ0n) is 19.6. The zero-order chi connectivity index (χ0) is 24.4. The maximum Gasteiger partial charge on any atom is 0.223 e. The third-order valence-electron chi connectivity index (χ3n) is 6.45. The quantitative estimate of drug-likeness (QED) is 0.380. The number of aliphatic hydroxyl groups is 1. The second kappa shape index (κ2) is 10.1. The molecule has 35 heavy (non-hydrogen) atoms. The maximum atomic E-state index is 12.8. The number of likely N-dealkylation sites (tertiary alicyclic amines) is 1. The van der Waals surface area contributed by atoms with Gasteiger partial charge in [0.25, 0.3) is 0 Å². The number of carbonyl (C=O) groups excluding carboxylic acids is 1. The highest BCUT2D eigenvalue weighted by atomic mass is 35.5. The van der Waals surface area contributed by atoms with Gasteiger partial charge in [-0.3, -0.25) is 4.79 Å². The average Bonchev–Trinajstić information content (AvgIpc) is 3.40. The van der Waals surface area contributed by atoms with E-state index in [9.17, 15) is 9.90 Å². The molecule has 180 valence electrons. The first-order chi connectivity index (χ1) is 17.0. The second-order valence-electron chi connectivity index (χ2n) is 9.11. The zero-order valence-corrected chi connectivity index (χ0v) is 20.4. The summed E-state index contributed by atoms with van der Waals surface area (Å²) < 4.78 is 7.87. The van der Waals surface area contributed by atoms with Gasteiger partial charge < -0.3 is 19.3 Å². The Hall–Kier alpha value is -3.35. The van der Waals surface area contributed by atoms with Crippen LogP contribution in [0.3, 0.4) is 0 Å². The summed E-state index contributed by atoms with van der Waals surface area (Å²) in [5, 5.41) is 11.5. The summed E-state index contributed by atoms with van der Waals surface area (Å²) in [7, 11) is 0. The molecule has 7 heteroatoms. The molecule has 6 nitrogen and oxygen atoms in total. The minimum absolute atomic E-state index is 0.0364. The summed E-state index contributed by atoms with van der Waals surface area (Å²) in [5.74, 6) is 1.58. The summed E-state index contributed by atoms with van der Waals surface area (Å²) >= 11 is 6.10. The molecule has 5 rings (SSSR count). The minimum Gasteiger partial charge on any atom is -0.491 e. The minimum atomic E-state index is -0.750. The molecule has 1 saturated heterocycles. The maximum absolute atomic E-state index is 12.8. The smallest absolute Gasteiger partial charge is 0.223 e. The highest BCUT2D eigenvalue weighted by molar-refractivity contribution is 6.31. The standard InChI is InChI=1S/C28H28ClN3O3/c1-19-13-23(11-12-24(19)29)35-18-22(33)17-32-26-10-6-5-9-25(26)30-28(32)21-14-27(34)31(16-21)15-20-7-3-2-4-8-20/h2-13,21-22,33H,14-18H2,1H3/t21-,22+/m0/s1. The van der Waals surface area contributed by atoms with Gasteiger partial charge in [0, 0.05) is 30.5 Å². The molecule has 1 aliphatic heterocycles. The third-order valence-corrected chi connectivity index (χ3v) is 6.87. The van der Waals surface area contributed by atoms with Gasteiger partial charge in [0.05, 0.1) is 17.6 Å². The first kappa shape index (κ1) is 23.4. The Kier molecular flexibility index (Phi) is 6.75. The molecule has 0 unspecified atom stereocenters. The molecule has 3 aromatic carbocycles. The van der Waals surface area contributed by atoms with Crippen molar-refractivity contribution in [2.24, 2.45) is 0 Å². The summed E-state index contributed by atoms with van der Waals surface area (Å²) in [6.45, 7) is 3.57. The molecular weight excluding hydrogens is 462 g/mol. The highest BCUT2D eigenvalue weighted by Crippen LogP contribution is 2.31. The third kappa shape index (κ3) is 5.19. The van der Waals surface area contributed by atoms with E-state index in [0.717, 1.165) is 28.0 Å². The number of halogens is 1. The van der Waals surface area contributed by atoms with Crippen LogP contribution < -0.4 is 4.74 Å². The summed E-state index contributed by atoms with van der Waals surface area (Å²) in [6.07, 6.45) is -0.341. The number of hydrogen-bond acceptors (Lipinski definition) is 4. The predicted octanol–water partition coefficient (Wildman–Crippen LogP) is 4.95. The fraction of sp³-hybridized carbons (Fsp3) is 0.286. The van der Waals surface area contributed by atoms with Gasteiger partial charge in [-0.15, -0.1) is 0 Å². The van der Waals surface area contributed by atoms with Crippen molar-refractivity contribution >= 4 is 28.5 Å². The van der Waals surface area contributed by atoms with Crippen molar-refractivity contribution in [3.8, 4) is 5.75 Å². The van der Waals surface area contributed by atoms with Gasteiger partial charge in [0.1, 0.15) is 24.3 Å². The van der Waals surface area contributed by atoms with E-state index in [1.54, 1.807) is 12.1 Å². The van der Waals surface area contributed by atoms with Crippen LogP contribution in [0.2, 0.25) is 5.02 Å². The van der Waals surface area contributed by atoms with Crippen LogP contribution in [-0.2, 0) is 17.9 Å². The summed E-state index contributed by atoms with van der Waals surface area (Å²) in [4.78, 5) is 19.6. The number of aromatic nitrogens is 2. The van der Waals surface area contributed by atoms with E-state index in [4.69, 9.17) is 21.3 Å². The lowest BCUT2D eigenvalue weighted by Gasteiger charge is -2.19. The van der Waals surface area contributed by atoms with E-state index in [2.05, 4.69) is 0 Å². The van der Waals surface area contributed by atoms with Crippen LogP contribution in [0, 0.1) is 6.92 Å². The average molecular weight is 490 g/mol. The number of ether oxygens (including phenoxy) is 1.